The standard InChI is InChI=1S/C13H11FN2O4S/c14-12-2-1-10(7-11(12)13(17)18)21(19,20)16-8-9-3-5-15-6-4-9/h1-7,16H,8H2,(H,17,18). The van der Waals surface area contributed by atoms with E-state index in [1.807, 2.05) is 0 Å². The maximum absolute atomic E-state index is 13.3. The number of nitrogens with one attached hydrogen (secondary N) is 1. The Balaban J connectivity index is 2.24. The molecular weight excluding hydrogens is 299 g/mol. The normalized spacial score (nSPS) is 11.3. The van der Waals surface area contributed by atoms with Crippen LogP contribution in [0.25, 0.3) is 0 Å². The third kappa shape index (κ3) is 3.61. The first-order valence-corrected chi connectivity index (χ1v) is 7.30. The Morgan fingerprint density at radius 3 is 2.52 bits per heavy atom. The molecule has 8 heteroatoms. The minimum Gasteiger partial charge on any atom is -0.478 e. The fourth-order valence-electron chi connectivity index (χ4n) is 1.60. The van der Waals surface area contributed by atoms with Gasteiger partial charge in [0, 0.05) is 18.9 Å². The van der Waals surface area contributed by atoms with Crippen molar-refractivity contribution in [1.29, 1.82) is 0 Å². The molecule has 21 heavy (non-hydrogen) atoms. The summed E-state index contributed by atoms with van der Waals surface area (Å²) in [5, 5.41) is 8.80. The summed E-state index contributed by atoms with van der Waals surface area (Å²) >= 11 is 0. The molecule has 1 aromatic heterocycles. The summed E-state index contributed by atoms with van der Waals surface area (Å²) in [7, 11) is -3.93. The van der Waals surface area contributed by atoms with Crippen LogP contribution >= 0.6 is 0 Å². The Hall–Kier alpha value is -2.32. The fraction of sp³-hybridized carbons (Fsp3) is 0.0769. The summed E-state index contributed by atoms with van der Waals surface area (Å²) < 4.78 is 39.7. The van der Waals surface area contributed by atoms with Crippen LogP contribution in [0.1, 0.15) is 15.9 Å². The van der Waals surface area contributed by atoms with Crippen molar-refractivity contribution in [1.82, 2.24) is 9.71 Å². The van der Waals surface area contributed by atoms with Gasteiger partial charge in [-0.1, -0.05) is 0 Å². The number of carboxylic acids is 1. The molecule has 0 atom stereocenters. The van der Waals surface area contributed by atoms with Crippen LogP contribution in [0.3, 0.4) is 0 Å². The van der Waals surface area contributed by atoms with E-state index in [0.29, 0.717) is 5.56 Å². The Morgan fingerprint density at radius 2 is 1.90 bits per heavy atom. The zero-order valence-electron chi connectivity index (χ0n) is 10.7. The highest BCUT2D eigenvalue weighted by Gasteiger charge is 2.18. The molecule has 110 valence electrons. The average Bonchev–Trinajstić information content (AvgIpc) is 2.46. The van der Waals surface area contributed by atoms with Crippen molar-refractivity contribution in [2.75, 3.05) is 0 Å². The molecule has 0 fully saturated rings. The van der Waals surface area contributed by atoms with Crippen LogP contribution in [0.15, 0.2) is 47.6 Å². The predicted octanol–water partition coefficient (Wildman–Crippen LogP) is 1.40. The molecule has 0 spiro atoms. The first kappa shape index (κ1) is 15.1. The van der Waals surface area contributed by atoms with Crippen LogP contribution in [-0.4, -0.2) is 24.5 Å². The van der Waals surface area contributed by atoms with Gasteiger partial charge in [-0.15, -0.1) is 0 Å². The van der Waals surface area contributed by atoms with E-state index >= 15 is 0 Å². The Bertz CT molecular complexity index is 763. The van der Waals surface area contributed by atoms with Gasteiger partial charge >= 0.3 is 5.97 Å². The van der Waals surface area contributed by atoms with E-state index in [2.05, 4.69) is 9.71 Å². The van der Waals surface area contributed by atoms with Gasteiger partial charge in [0.05, 0.1) is 10.5 Å². The average molecular weight is 310 g/mol. The molecule has 0 aliphatic heterocycles. The van der Waals surface area contributed by atoms with Gasteiger partial charge in [-0.25, -0.2) is 22.3 Å². The van der Waals surface area contributed by atoms with Gasteiger partial charge in [-0.3, -0.25) is 4.98 Å². The maximum atomic E-state index is 13.3. The number of rotatable bonds is 5. The summed E-state index contributed by atoms with van der Waals surface area (Å²) in [4.78, 5) is 14.3. The first-order valence-electron chi connectivity index (χ1n) is 5.81. The highest BCUT2D eigenvalue weighted by molar-refractivity contribution is 7.89. The summed E-state index contributed by atoms with van der Waals surface area (Å²) in [6.45, 7) is 0.0185. The van der Waals surface area contributed by atoms with E-state index < -0.39 is 27.4 Å². The zero-order valence-corrected chi connectivity index (χ0v) is 11.5. The smallest absolute Gasteiger partial charge is 0.338 e. The topological polar surface area (TPSA) is 96.4 Å². The molecule has 0 saturated carbocycles. The molecule has 2 N–H and O–H groups in total. The van der Waals surface area contributed by atoms with Crippen molar-refractivity contribution >= 4 is 16.0 Å². The van der Waals surface area contributed by atoms with Gasteiger partial charge in [-0.2, -0.15) is 0 Å². The van der Waals surface area contributed by atoms with Crippen LogP contribution in [0.5, 0.6) is 0 Å². The van der Waals surface area contributed by atoms with E-state index in [9.17, 15) is 17.6 Å². The van der Waals surface area contributed by atoms with Crippen molar-refractivity contribution in [3.05, 3.63) is 59.7 Å². The molecule has 0 unspecified atom stereocenters. The van der Waals surface area contributed by atoms with Gasteiger partial charge < -0.3 is 5.11 Å². The number of sulfonamides is 1. The Kier molecular flexibility index (Phi) is 4.29. The predicted molar refractivity (Wildman–Crippen MR) is 71.6 cm³/mol. The number of hydrogen-bond acceptors (Lipinski definition) is 4. The minimum atomic E-state index is -3.93. The lowest BCUT2D eigenvalue weighted by Gasteiger charge is -2.08. The molecule has 0 aliphatic carbocycles. The molecule has 1 aromatic carbocycles. The minimum absolute atomic E-state index is 0.0185. The first-order chi connectivity index (χ1) is 9.90. The van der Waals surface area contributed by atoms with Crippen LogP contribution in [-0.2, 0) is 16.6 Å². The molecule has 0 amide bonds. The third-order valence-corrected chi connectivity index (χ3v) is 4.09. The highest BCUT2D eigenvalue weighted by Crippen LogP contribution is 2.15. The zero-order chi connectivity index (χ0) is 15.5. The number of nitrogens with zero attached hydrogens (tertiary/aromatic N) is 1. The summed E-state index contributed by atoms with van der Waals surface area (Å²) in [6, 6.07) is 5.87. The Morgan fingerprint density at radius 1 is 1.24 bits per heavy atom. The van der Waals surface area contributed by atoms with Crippen LogP contribution < -0.4 is 4.72 Å². The monoisotopic (exact) mass is 310 g/mol. The van der Waals surface area contributed by atoms with Crippen molar-refractivity contribution < 1.29 is 22.7 Å². The highest BCUT2D eigenvalue weighted by atomic mass is 32.2. The lowest BCUT2D eigenvalue weighted by Crippen LogP contribution is -2.23. The van der Waals surface area contributed by atoms with Crippen LogP contribution in [0.4, 0.5) is 4.39 Å². The largest absolute Gasteiger partial charge is 0.478 e. The van der Waals surface area contributed by atoms with Crippen molar-refractivity contribution in [3.8, 4) is 0 Å². The maximum Gasteiger partial charge on any atom is 0.338 e. The quantitative estimate of drug-likeness (QED) is 0.870. The van der Waals surface area contributed by atoms with Gasteiger partial charge in [0.2, 0.25) is 10.0 Å². The van der Waals surface area contributed by atoms with E-state index in [-0.39, 0.29) is 11.4 Å². The molecule has 0 aliphatic rings. The van der Waals surface area contributed by atoms with Gasteiger partial charge in [-0.05, 0) is 35.9 Å². The van der Waals surface area contributed by atoms with Crippen molar-refractivity contribution in [3.63, 3.8) is 0 Å². The number of aromatic carboxylic acids is 1. The SMILES string of the molecule is O=C(O)c1cc(S(=O)(=O)NCc2ccncc2)ccc1F. The van der Waals surface area contributed by atoms with E-state index in [0.717, 1.165) is 18.2 Å². The van der Waals surface area contributed by atoms with Gasteiger partial charge in [0.15, 0.2) is 0 Å². The summed E-state index contributed by atoms with van der Waals surface area (Å²) in [5.74, 6) is -2.52. The molecule has 0 saturated heterocycles. The molecule has 1 heterocycles. The van der Waals surface area contributed by atoms with Gasteiger partial charge in [0.25, 0.3) is 0 Å². The molecule has 0 radical (unpaired) electrons. The molecule has 0 bridgehead atoms. The van der Waals surface area contributed by atoms with E-state index in [4.69, 9.17) is 5.11 Å². The number of carboxylic acid groups (broad SMARTS) is 1. The number of benzene rings is 1. The van der Waals surface area contributed by atoms with Crippen molar-refractivity contribution in [2.24, 2.45) is 0 Å². The molecule has 6 nitrogen and oxygen atoms in total. The molecule has 2 rings (SSSR count). The fourth-order valence-corrected chi connectivity index (χ4v) is 2.64. The van der Waals surface area contributed by atoms with E-state index in [1.54, 1.807) is 12.1 Å². The number of hydrogen-bond donors (Lipinski definition) is 2. The summed E-state index contributed by atoms with van der Waals surface area (Å²) in [5.41, 5.74) is -0.00377. The van der Waals surface area contributed by atoms with Crippen LogP contribution in [0, 0.1) is 5.82 Å². The second-order valence-electron chi connectivity index (χ2n) is 4.13. The molecule has 2 aromatic rings. The second kappa shape index (κ2) is 5.98. The third-order valence-electron chi connectivity index (χ3n) is 2.69. The van der Waals surface area contributed by atoms with Crippen LogP contribution in [0.2, 0.25) is 0 Å². The summed E-state index contributed by atoms with van der Waals surface area (Å²) in [6.07, 6.45) is 3.04. The van der Waals surface area contributed by atoms with Gasteiger partial charge in [0.1, 0.15) is 5.82 Å². The lowest BCUT2D eigenvalue weighted by atomic mass is 10.2. The van der Waals surface area contributed by atoms with Crippen molar-refractivity contribution in [2.45, 2.75) is 11.4 Å². The Labute approximate surface area is 120 Å². The second-order valence-corrected chi connectivity index (χ2v) is 5.89. The molecular formula is C13H11FN2O4S. The number of aromatic nitrogens is 1. The van der Waals surface area contributed by atoms with E-state index in [1.165, 1.54) is 12.4 Å². The number of carbonyl (C=O) groups is 1. The number of pyridine rings is 1. The number of halogens is 1. The lowest BCUT2D eigenvalue weighted by molar-refractivity contribution is 0.0691.